The van der Waals surface area contributed by atoms with Gasteiger partial charge in [-0.3, -0.25) is 4.90 Å². The Labute approximate surface area is 113 Å². The highest BCUT2D eigenvalue weighted by Gasteiger charge is 2.19. The molecule has 1 aliphatic rings. The highest BCUT2D eigenvalue weighted by Crippen LogP contribution is 2.20. The van der Waals surface area contributed by atoms with E-state index in [0.717, 1.165) is 19.6 Å². The largest absolute Gasteiger partial charge is 0.482 e. The smallest absolute Gasteiger partial charge is 0.341 e. The second-order valence-corrected chi connectivity index (χ2v) is 4.85. The first-order valence-electron chi connectivity index (χ1n) is 6.46. The van der Waals surface area contributed by atoms with Crippen LogP contribution in [0.15, 0.2) is 36.9 Å². The van der Waals surface area contributed by atoms with E-state index < -0.39 is 5.97 Å². The van der Waals surface area contributed by atoms with Gasteiger partial charge in [-0.15, -0.1) is 6.58 Å². The summed E-state index contributed by atoms with van der Waals surface area (Å²) in [6.45, 7) is 6.64. The van der Waals surface area contributed by atoms with E-state index in [1.54, 1.807) is 0 Å². The number of carbonyl (C=O) groups is 1. The fraction of sp³-hybridized carbons (Fsp3) is 0.400. The van der Waals surface area contributed by atoms with Crippen LogP contribution in [0.5, 0.6) is 5.75 Å². The Bertz CT molecular complexity index is 441. The Balaban J connectivity index is 1.85. The predicted octanol–water partition coefficient (Wildman–Crippen LogP) is 2.16. The van der Waals surface area contributed by atoms with Gasteiger partial charge in [0.15, 0.2) is 6.61 Å². The summed E-state index contributed by atoms with van der Waals surface area (Å²) in [5.41, 5.74) is 1.22. The molecule has 1 aromatic carbocycles. The monoisotopic (exact) mass is 261 g/mol. The molecule has 4 heteroatoms. The molecule has 0 aliphatic carbocycles. The molecule has 0 saturated carbocycles. The topological polar surface area (TPSA) is 49.8 Å². The zero-order valence-electron chi connectivity index (χ0n) is 10.9. The van der Waals surface area contributed by atoms with Crippen LogP contribution >= 0.6 is 0 Å². The lowest BCUT2D eigenvalue weighted by Crippen LogP contribution is -2.19. The predicted molar refractivity (Wildman–Crippen MR) is 73.2 cm³/mol. The fourth-order valence-corrected chi connectivity index (χ4v) is 2.29. The van der Waals surface area contributed by atoms with Crippen molar-refractivity contribution in [3.05, 3.63) is 42.5 Å². The van der Waals surface area contributed by atoms with Gasteiger partial charge in [-0.25, -0.2) is 4.79 Å². The van der Waals surface area contributed by atoms with Gasteiger partial charge in [0.2, 0.25) is 0 Å². The number of likely N-dealkylation sites (tertiary alicyclic amines) is 1. The minimum atomic E-state index is -0.961. The summed E-state index contributed by atoms with van der Waals surface area (Å²) in [6, 6.07) is 7.61. The van der Waals surface area contributed by atoms with Crippen molar-refractivity contribution in [1.82, 2.24) is 4.90 Å². The number of benzene rings is 1. The molecular weight excluding hydrogens is 242 g/mol. The molecule has 1 saturated heterocycles. The van der Waals surface area contributed by atoms with Crippen molar-refractivity contribution in [2.24, 2.45) is 5.92 Å². The highest BCUT2D eigenvalue weighted by molar-refractivity contribution is 5.68. The van der Waals surface area contributed by atoms with Gasteiger partial charge >= 0.3 is 5.97 Å². The molecule has 1 aromatic rings. The number of hydrogen-bond donors (Lipinski definition) is 1. The fourth-order valence-electron chi connectivity index (χ4n) is 2.29. The van der Waals surface area contributed by atoms with Crippen molar-refractivity contribution in [2.75, 3.05) is 19.7 Å². The quantitative estimate of drug-likeness (QED) is 0.797. The lowest BCUT2D eigenvalue weighted by Gasteiger charge is -2.15. The number of ether oxygens (including phenoxy) is 1. The van der Waals surface area contributed by atoms with Crippen molar-refractivity contribution in [3.8, 4) is 5.75 Å². The van der Waals surface area contributed by atoms with Crippen molar-refractivity contribution >= 4 is 5.97 Å². The number of rotatable bonds is 6. The van der Waals surface area contributed by atoms with Gasteiger partial charge in [0.05, 0.1) is 0 Å². The van der Waals surface area contributed by atoms with E-state index >= 15 is 0 Å². The van der Waals surface area contributed by atoms with Gasteiger partial charge in [-0.2, -0.15) is 0 Å². The Morgan fingerprint density at radius 1 is 1.47 bits per heavy atom. The molecule has 0 spiro atoms. The Morgan fingerprint density at radius 2 is 2.21 bits per heavy atom. The zero-order valence-corrected chi connectivity index (χ0v) is 10.9. The average Bonchev–Trinajstić information content (AvgIpc) is 2.85. The number of carboxylic acid groups (broad SMARTS) is 1. The molecule has 1 N–H and O–H groups in total. The molecule has 4 nitrogen and oxygen atoms in total. The molecule has 102 valence electrons. The summed E-state index contributed by atoms with van der Waals surface area (Å²) in [5, 5.41) is 8.53. The standard InChI is InChI=1S/C15H19NO3/c1-2-12-7-8-16(9-12)10-13-3-5-14(6-4-13)19-11-15(17)18/h2-6,12H,1,7-11H2,(H,17,18). The Morgan fingerprint density at radius 3 is 2.79 bits per heavy atom. The van der Waals surface area contributed by atoms with E-state index in [0.29, 0.717) is 11.7 Å². The van der Waals surface area contributed by atoms with E-state index in [1.165, 1.54) is 12.0 Å². The molecule has 0 bridgehead atoms. The molecule has 1 fully saturated rings. The molecule has 1 aliphatic heterocycles. The van der Waals surface area contributed by atoms with Crippen LogP contribution < -0.4 is 4.74 Å². The summed E-state index contributed by atoms with van der Waals surface area (Å²) in [4.78, 5) is 12.8. The molecule has 19 heavy (non-hydrogen) atoms. The van der Waals surface area contributed by atoms with Crippen molar-refractivity contribution in [3.63, 3.8) is 0 Å². The molecule has 1 atom stereocenters. The number of aliphatic carboxylic acids is 1. The molecule has 1 unspecified atom stereocenters. The van der Waals surface area contributed by atoms with Crippen LogP contribution in [0.25, 0.3) is 0 Å². The van der Waals surface area contributed by atoms with Gasteiger partial charge in [0.25, 0.3) is 0 Å². The molecule has 1 heterocycles. The van der Waals surface area contributed by atoms with Gasteiger partial charge in [0.1, 0.15) is 5.75 Å². The van der Waals surface area contributed by atoms with Crippen LogP contribution in [0.4, 0.5) is 0 Å². The SMILES string of the molecule is C=CC1CCN(Cc2ccc(OCC(=O)O)cc2)C1. The Hall–Kier alpha value is -1.81. The van der Waals surface area contributed by atoms with Crippen LogP contribution in [0.3, 0.4) is 0 Å². The van der Waals surface area contributed by atoms with E-state index in [9.17, 15) is 4.79 Å². The molecule has 0 aromatic heterocycles. The van der Waals surface area contributed by atoms with Crippen molar-refractivity contribution in [2.45, 2.75) is 13.0 Å². The second-order valence-electron chi connectivity index (χ2n) is 4.85. The minimum Gasteiger partial charge on any atom is -0.482 e. The first-order valence-corrected chi connectivity index (χ1v) is 6.46. The molecule has 2 rings (SSSR count). The lowest BCUT2D eigenvalue weighted by molar-refractivity contribution is -0.139. The third-order valence-corrected chi connectivity index (χ3v) is 3.33. The normalized spacial score (nSPS) is 19.3. The minimum absolute atomic E-state index is 0.299. The van der Waals surface area contributed by atoms with Crippen LogP contribution in [0.1, 0.15) is 12.0 Å². The second kappa shape index (κ2) is 6.38. The maximum atomic E-state index is 10.4. The summed E-state index contributed by atoms with van der Waals surface area (Å²) in [6.07, 6.45) is 3.21. The summed E-state index contributed by atoms with van der Waals surface area (Å²) in [5.74, 6) is 0.242. The van der Waals surface area contributed by atoms with E-state index in [-0.39, 0.29) is 6.61 Å². The summed E-state index contributed by atoms with van der Waals surface area (Å²) >= 11 is 0. The third-order valence-electron chi connectivity index (χ3n) is 3.33. The number of hydrogen-bond acceptors (Lipinski definition) is 3. The highest BCUT2D eigenvalue weighted by atomic mass is 16.5. The third kappa shape index (κ3) is 4.10. The van der Waals surface area contributed by atoms with Crippen molar-refractivity contribution in [1.29, 1.82) is 0 Å². The van der Waals surface area contributed by atoms with Crippen LogP contribution in [0, 0.1) is 5.92 Å². The summed E-state index contributed by atoms with van der Waals surface area (Å²) < 4.78 is 5.10. The van der Waals surface area contributed by atoms with E-state index in [4.69, 9.17) is 9.84 Å². The van der Waals surface area contributed by atoms with Crippen LogP contribution in [-0.2, 0) is 11.3 Å². The maximum Gasteiger partial charge on any atom is 0.341 e. The first kappa shape index (κ1) is 13.6. The van der Waals surface area contributed by atoms with E-state index in [1.807, 2.05) is 30.3 Å². The van der Waals surface area contributed by atoms with Gasteiger partial charge in [-0.1, -0.05) is 18.2 Å². The average molecular weight is 261 g/mol. The number of carboxylic acids is 1. The summed E-state index contributed by atoms with van der Waals surface area (Å²) in [7, 11) is 0. The molecular formula is C15H19NO3. The van der Waals surface area contributed by atoms with Crippen LogP contribution in [-0.4, -0.2) is 35.7 Å². The van der Waals surface area contributed by atoms with Gasteiger partial charge in [0, 0.05) is 13.1 Å². The lowest BCUT2D eigenvalue weighted by atomic mass is 10.1. The zero-order chi connectivity index (χ0) is 13.7. The number of nitrogens with zero attached hydrogens (tertiary/aromatic N) is 1. The van der Waals surface area contributed by atoms with Gasteiger partial charge < -0.3 is 9.84 Å². The first-order chi connectivity index (χ1) is 9.17. The Kier molecular flexibility index (Phi) is 4.58. The molecule has 0 radical (unpaired) electrons. The maximum absolute atomic E-state index is 10.4. The van der Waals surface area contributed by atoms with Crippen LogP contribution in [0.2, 0.25) is 0 Å². The van der Waals surface area contributed by atoms with E-state index in [2.05, 4.69) is 11.5 Å². The van der Waals surface area contributed by atoms with Crippen molar-refractivity contribution < 1.29 is 14.6 Å². The molecule has 0 amide bonds. The van der Waals surface area contributed by atoms with Gasteiger partial charge in [-0.05, 0) is 36.6 Å².